The Morgan fingerprint density at radius 1 is 1.13 bits per heavy atom. The number of allylic oxidation sites excluding steroid dienone is 3. The molecule has 210 valence electrons. The van der Waals surface area contributed by atoms with E-state index in [0.717, 1.165) is 12.1 Å². The van der Waals surface area contributed by atoms with E-state index >= 15 is 0 Å². The van der Waals surface area contributed by atoms with Crippen LogP contribution in [0.5, 0.6) is 11.6 Å². The molecule has 0 saturated heterocycles. The fourth-order valence-electron chi connectivity index (χ4n) is 3.97. The quantitative estimate of drug-likeness (QED) is 0.351. The SMILES string of the molecule is CCn1nc(C2=CC=CC(C(C)(C)NS(=O)(=O)CC(F)(F)F)C2)cc1Oc1ccc(C(F)C(F)(F)F)cc1. The summed E-state index contributed by atoms with van der Waals surface area (Å²) in [4.78, 5) is 0. The predicted molar refractivity (Wildman–Crippen MR) is 127 cm³/mol. The molecule has 2 atom stereocenters. The van der Waals surface area contributed by atoms with Gasteiger partial charge >= 0.3 is 12.4 Å². The Labute approximate surface area is 215 Å². The molecule has 1 aliphatic carbocycles. The maximum absolute atomic E-state index is 13.5. The topological polar surface area (TPSA) is 73.2 Å². The van der Waals surface area contributed by atoms with Gasteiger partial charge < -0.3 is 4.74 Å². The van der Waals surface area contributed by atoms with Crippen LogP contribution in [-0.2, 0) is 16.6 Å². The van der Waals surface area contributed by atoms with E-state index in [9.17, 15) is 39.2 Å². The normalized spacial score (nSPS) is 17.8. The summed E-state index contributed by atoms with van der Waals surface area (Å²) in [6.45, 7) is 5.12. The zero-order chi connectivity index (χ0) is 28.5. The molecular formula is C24H26F7N3O3S. The fourth-order valence-corrected chi connectivity index (χ4v) is 5.43. The molecule has 6 nitrogen and oxygen atoms in total. The smallest absolute Gasteiger partial charge is 0.423 e. The van der Waals surface area contributed by atoms with Crippen molar-refractivity contribution < 1.29 is 43.9 Å². The first-order chi connectivity index (χ1) is 17.4. The van der Waals surface area contributed by atoms with Crippen molar-refractivity contribution in [2.75, 3.05) is 5.75 Å². The second kappa shape index (κ2) is 10.7. The highest BCUT2D eigenvalue weighted by Crippen LogP contribution is 2.38. The van der Waals surface area contributed by atoms with E-state index in [0.29, 0.717) is 17.8 Å². The summed E-state index contributed by atoms with van der Waals surface area (Å²) in [5, 5.41) is 4.46. The third-order valence-corrected chi connectivity index (χ3v) is 7.38. The van der Waals surface area contributed by atoms with E-state index in [1.165, 1.54) is 30.7 Å². The molecule has 0 bridgehead atoms. The summed E-state index contributed by atoms with van der Waals surface area (Å²) in [5.74, 6) is -2.09. The van der Waals surface area contributed by atoms with Gasteiger partial charge in [0.15, 0.2) is 5.75 Å². The molecule has 2 aromatic rings. The number of halogens is 7. The van der Waals surface area contributed by atoms with Crippen LogP contribution in [0.2, 0.25) is 0 Å². The average Bonchev–Trinajstić information content (AvgIpc) is 3.19. The Hall–Kier alpha value is -2.87. The molecule has 0 spiro atoms. The molecule has 1 heterocycles. The Kier molecular flexibility index (Phi) is 8.37. The summed E-state index contributed by atoms with van der Waals surface area (Å²) < 4.78 is 123. The molecule has 3 rings (SSSR count). The van der Waals surface area contributed by atoms with Gasteiger partial charge in [0.25, 0.3) is 0 Å². The molecule has 0 aliphatic heterocycles. The highest BCUT2D eigenvalue weighted by molar-refractivity contribution is 7.89. The van der Waals surface area contributed by atoms with Crippen LogP contribution in [0.1, 0.15) is 44.6 Å². The van der Waals surface area contributed by atoms with Gasteiger partial charge in [-0.2, -0.15) is 31.4 Å². The van der Waals surface area contributed by atoms with Crippen LogP contribution >= 0.6 is 0 Å². The molecule has 14 heteroatoms. The number of ether oxygens (including phenoxy) is 1. The highest BCUT2D eigenvalue weighted by atomic mass is 32.2. The van der Waals surface area contributed by atoms with Gasteiger partial charge in [-0.25, -0.2) is 22.2 Å². The number of aryl methyl sites for hydroxylation is 1. The molecule has 1 aromatic carbocycles. The van der Waals surface area contributed by atoms with Gasteiger partial charge in [0.1, 0.15) is 5.75 Å². The maximum Gasteiger partial charge on any atom is 0.423 e. The summed E-state index contributed by atoms with van der Waals surface area (Å²) >= 11 is 0. The van der Waals surface area contributed by atoms with E-state index in [-0.39, 0.29) is 18.1 Å². The maximum atomic E-state index is 13.5. The van der Waals surface area contributed by atoms with Gasteiger partial charge in [-0.15, -0.1) is 0 Å². The van der Waals surface area contributed by atoms with Crippen LogP contribution in [0.4, 0.5) is 30.7 Å². The number of alkyl halides is 7. The summed E-state index contributed by atoms with van der Waals surface area (Å²) in [6, 6.07) is 5.93. The number of aromatic nitrogens is 2. The van der Waals surface area contributed by atoms with Gasteiger partial charge in [-0.1, -0.05) is 30.4 Å². The first kappa shape index (κ1) is 29.7. The van der Waals surface area contributed by atoms with Crippen LogP contribution in [0.3, 0.4) is 0 Å². The first-order valence-electron chi connectivity index (χ1n) is 11.4. The molecule has 1 N–H and O–H groups in total. The van der Waals surface area contributed by atoms with Gasteiger partial charge in [-0.3, -0.25) is 0 Å². The minimum Gasteiger partial charge on any atom is -0.439 e. The number of hydrogen-bond acceptors (Lipinski definition) is 4. The van der Waals surface area contributed by atoms with Crippen molar-refractivity contribution in [1.82, 2.24) is 14.5 Å². The lowest BCUT2D eigenvalue weighted by Crippen LogP contribution is -2.51. The molecule has 1 aromatic heterocycles. The van der Waals surface area contributed by atoms with Crippen LogP contribution in [0, 0.1) is 5.92 Å². The molecule has 0 saturated carbocycles. The zero-order valence-corrected chi connectivity index (χ0v) is 21.4. The van der Waals surface area contributed by atoms with E-state index in [4.69, 9.17) is 4.74 Å². The predicted octanol–water partition coefficient (Wildman–Crippen LogP) is 6.49. The second-order valence-corrected chi connectivity index (χ2v) is 11.1. The monoisotopic (exact) mass is 569 g/mol. The summed E-state index contributed by atoms with van der Waals surface area (Å²) in [6.07, 6.45) is -7.70. The summed E-state index contributed by atoms with van der Waals surface area (Å²) in [7, 11) is -4.64. The van der Waals surface area contributed by atoms with Crippen LogP contribution < -0.4 is 9.46 Å². The minimum atomic E-state index is -5.02. The number of nitrogens with one attached hydrogen (secondary N) is 1. The average molecular weight is 570 g/mol. The Morgan fingerprint density at radius 2 is 1.76 bits per heavy atom. The number of sulfonamides is 1. The number of nitrogens with zero attached hydrogens (tertiary/aromatic N) is 2. The van der Waals surface area contributed by atoms with E-state index in [1.54, 1.807) is 31.2 Å². The second-order valence-electron chi connectivity index (χ2n) is 9.34. The molecule has 38 heavy (non-hydrogen) atoms. The lowest BCUT2D eigenvalue weighted by atomic mass is 9.80. The van der Waals surface area contributed by atoms with E-state index in [2.05, 4.69) is 9.82 Å². The summed E-state index contributed by atoms with van der Waals surface area (Å²) in [5.41, 5.74) is -0.687. The van der Waals surface area contributed by atoms with Crippen LogP contribution in [-0.4, -0.2) is 41.8 Å². The van der Waals surface area contributed by atoms with Crippen molar-refractivity contribution in [3.8, 4) is 11.6 Å². The molecular weight excluding hydrogens is 543 g/mol. The molecule has 0 radical (unpaired) electrons. The van der Waals surface area contributed by atoms with Crippen LogP contribution in [0.25, 0.3) is 5.57 Å². The zero-order valence-electron chi connectivity index (χ0n) is 20.6. The van der Waals surface area contributed by atoms with Crippen LogP contribution in [0.15, 0.2) is 48.6 Å². The minimum absolute atomic E-state index is 0.153. The number of rotatable bonds is 9. The lowest BCUT2D eigenvalue weighted by Gasteiger charge is -2.35. The third-order valence-electron chi connectivity index (χ3n) is 5.83. The van der Waals surface area contributed by atoms with E-state index < -0.39 is 51.3 Å². The fraction of sp³-hybridized carbons (Fsp3) is 0.458. The third kappa shape index (κ3) is 7.59. The Balaban J connectivity index is 1.76. The first-order valence-corrected chi connectivity index (χ1v) is 13.1. The van der Waals surface area contributed by atoms with Crippen molar-refractivity contribution in [3.05, 3.63) is 59.8 Å². The van der Waals surface area contributed by atoms with Crippen molar-refractivity contribution in [3.63, 3.8) is 0 Å². The Bertz CT molecular complexity index is 1290. The van der Waals surface area contributed by atoms with Gasteiger partial charge in [-0.05, 0) is 56.4 Å². The standard InChI is InChI=1S/C24H26F7N3O3S/c1-4-34-20(37-18-10-8-15(9-11-18)21(25)24(29,30)31)13-19(32-34)16-6-5-7-17(12-16)22(2,3)33-38(35,36)14-23(26,27)28/h5-11,13,17,21,33H,4,12,14H2,1-3H3. The molecule has 0 amide bonds. The lowest BCUT2D eigenvalue weighted by molar-refractivity contribution is -0.182. The van der Waals surface area contributed by atoms with Gasteiger partial charge in [0.05, 0.1) is 5.69 Å². The Morgan fingerprint density at radius 3 is 2.32 bits per heavy atom. The van der Waals surface area contributed by atoms with Crippen molar-refractivity contribution in [2.24, 2.45) is 5.92 Å². The number of hydrogen-bond donors (Lipinski definition) is 1. The van der Waals surface area contributed by atoms with Crippen molar-refractivity contribution in [2.45, 2.75) is 57.8 Å². The van der Waals surface area contributed by atoms with Crippen molar-refractivity contribution >= 4 is 15.6 Å². The number of benzene rings is 1. The largest absolute Gasteiger partial charge is 0.439 e. The molecule has 0 fully saturated rings. The highest BCUT2D eigenvalue weighted by Gasteiger charge is 2.42. The van der Waals surface area contributed by atoms with E-state index in [1.807, 2.05) is 0 Å². The molecule has 1 aliphatic rings. The molecule has 2 unspecified atom stereocenters. The van der Waals surface area contributed by atoms with Gasteiger partial charge in [0, 0.05) is 18.2 Å². The van der Waals surface area contributed by atoms with Crippen molar-refractivity contribution in [1.29, 1.82) is 0 Å². The van der Waals surface area contributed by atoms with Gasteiger partial charge in [0.2, 0.25) is 22.1 Å².